The Labute approximate surface area is 75.5 Å². The summed E-state index contributed by atoms with van der Waals surface area (Å²) in [6.07, 6.45) is 0.331. The van der Waals surface area contributed by atoms with Crippen LogP contribution in [0.1, 0.15) is 27.2 Å². The molecular weight excluding hydrogens is 208 g/mol. The van der Waals surface area contributed by atoms with E-state index in [0.717, 1.165) is 0 Å². The van der Waals surface area contributed by atoms with Gasteiger partial charge in [0.25, 0.3) is 0 Å². The molecule has 0 N–H and O–H groups in total. The van der Waals surface area contributed by atoms with E-state index in [1.165, 1.54) is 0 Å². The molecule has 0 aromatic rings. The molecule has 0 rings (SSSR count). The first-order valence-corrected chi connectivity index (χ1v) is 4.61. The maximum atomic E-state index is 11.0. The first-order chi connectivity index (χ1) is 4.87. The highest BCUT2D eigenvalue weighted by Crippen LogP contribution is 2.18. The van der Waals surface area contributed by atoms with Gasteiger partial charge in [0, 0.05) is 6.42 Å². The van der Waals surface area contributed by atoms with Gasteiger partial charge in [-0.1, -0.05) is 36.7 Å². The summed E-state index contributed by atoms with van der Waals surface area (Å²) in [5.41, 5.74) is -0.0884. The van der Waals surface area contributed by atoms with Gasteiger partial charge in [-0.15, -0.1) is 0 Å². The minimum atomic E-state index is -0.333. The molecule has 0 fully saturated rings. The maximum Gasteiger partial charge on any atom is 0.208 e. The van der Waals surface area contributed by atoms with E-state index in [2.05, 4.69) is 15.9 Å². The molecule has 0 spiro atoms. The third-order valence-corrected chi connectivity index (χ3v) is 1.63. The molecule has 2 nitrogen and oxygen atoms in total. The molecule has 0 aliphatic heterocycles. The van der Waals surface area contributed by atoms with E-state index in [0.29, 0.717) is 6.42 Å². The molecule has 0 bridgehead atoms. The van der Waals surface area contributed by atoms with E-state index in [-0.39, 0.29) is 22.3 Å². The molecule has 0 heterocycles. The fourth-order valence-corrected chi connectivity index (χ4v) is 0.967. The standard InChI is InChI=1S/C8H13BrO2/c1-8(2,3)4-6(10)7(11)5-9/h4-5H2,1-3H3. The highest BCUT2D eigenvalue weighted by atomic mass is 79.9. The van der Waals surface area contributed by atoms with Crippen LogP contribution in [0.2, 0.25) is 0 Å². The van der Waals surface area contributed by atoms with Crippen LogP contribution in [0.15, 0.2) is 0 Å². The molecule has 0 radical (unpaired) electrons. The predicted molar refractivity (Wildman–Crippen MR) is 47.9 cm³/mol. The largest absolute Gasteiger partial charge is 0.291 e. The fourth-order valence-electron chi connectivity index (χ4n) is 0.655. The van der Waals surface area contributed by atoms with Gasteiger partial charge in [0.2, 0.25) is 5.78 Å². The van der Waals surface area contributed by atoms with Crippen molar-refractivity contribution in [3.8, 4) is 0 Å². The summed E-state index contributed by atoms with van der Waals surface area (Å²) in [5.74, 6) is -0.616. The monoisotopic (exact) mass is 220 g/mol. The van der Waals surface area contributed by atoms with Gasteiger partial charge < -0.3 is 0 Å². The molecule has 0 atom stereocenters. The Morgan fingerprint density at radius 3 is 1.91 bits per heavy atom. The summed E-state index contributed by atoms with van der Waals surface area (Å²) in [6.45, 7) is 5.81. The average Bonchev–Trinajstić information content (AvgIpc) is 1.82. The normalized spacial score (nSPS) is 11.3. The van der Waals surface area contributed by atoms with Crippen LogP contribution < -0.4 is 0 Å². The molecule has 3 heteroatoms. The van der Waals surface area contributed by atoms with Crippen molar-refractivity contribution in [2.24, 2.45) is 5.41 Å². The topological polar surface area (TPSA) is 34.1 Å². The molecule has 0 saturated heterocycles. The first kappa shape index (κ1) is 10.8. The van der Waals surface area contributed by atoms with Crippen LogP contribution in [0, 0.1) is 5.41 Å². The molecule has 11 heavy (non-hydrogen) atoms. The predicted octanol–water partition coefficient (Wildman–Crippen LogP) is 1.96. The second-order valence-corrected chi connectivity index (χ2v) is 4.28. The average molecular weight is 221 g/mol. The highest BCUT2D eigenvalue weighted by Gasteiger charge is 2.20. The van der Waals surface area contributed by atoms with Crippen molar-refractivity contribution in [1.29, 1.82) is 0 Å². The van der Waals surface area contributed by atoms with Crippen LogP contribution in [-0.2, 0) is 9.59 Å². The van der Waals surface area contributed by atoms with Crippen LogP contribution in [0.5, 0.6) is 0 Å². The number of Topliss-reactive ketones (excluding diaryl/α,β-unsaturated/α-hetero) is 2. The Morgan fingerprint density at radius 1 is 1.18 bits per heavy atom. The zero-order valence-electron chi connectivity index (χ0n) is 7.11. The molecule has 0 aromatic heterocycles. The van der Waals surface area contributed by atoms with Crippen LogP contribution in [0.25, 0.3) is 0 Å². The first-order valence-electron chi connectivity index (χ1n) is 3.49. The van der Waals surface area contributed by atoms with E-state index in [1.54, 1.807) is 0 Å². The van der Waals surface area contributed by atoms with Crippen molar-refractivity contribution in [2.45, 2.75) is 27.2 Å². The van der Waals surface area contributed by atoms with Crippen molar-refractivity contribution in [1.82, 2.24) is 0 Å². The second-order valence-electron chi connectivity index (χ2n) is 3.72. The van der Waals surface area contributed by atoms with Gasteiger partial charge in [0.1, 0.15) is 0 Å². The number of rotatable bonds is 3. The number of carbonyl (C=O) groups excluding carboxylic acids is 2. The SMILES string of the molecule is CC(C)(C)CC(=O)C(=O)CBr. The Kier molecular flexibility index (Phi) is 3.93. The Hall–Kier alpha value is -0.180. The summed E-state index contributed by atoms with van der Waals surface area (Å²) in [7, 11) is 0. The summed E-state index contributed by atoms with van der Waals surface area (Å²) >= 11 is 2.95. The van der Waals surface area contributed by atoms with Gasteiger partial charge in [-0.2, -0.15) is 0 Å². The van der Waals surface area contributed by atoms with Crippen LogP contribution in [-0.4, -0.2) is 16.9 Å². The zero-order chi connectivity index (χ0) is 9.07. The highest BCUT2D eigenvalue weighted by molar-refractivity contribution is 9.09. The minimum Gasteiger partial charge on any atom is -0.291 e. The lowest BCUT2D eigenvalue weighted by Gasteiger charge is -2.15. The number of carbonyl (C=O) groups is 2. The fraction of sp³-hybridized carbons (Fsp3) is 0.750. The van der Waals surface area contributed by atoms with Gasteiger partial charge in [0.15, 0.2) is 5.78 Å². The van der Waals surface area contributed by atoms with Crippen molar-refractivity contribution in [3.63, 3.8) is 0 Å². The summed E-state index contributed by atoms with van der Waals surface area (Å²) in [5, 5.41) is 0.141. The second kappa shape index (κ2) is 4.00. The lowest BCUT2D eigenvalue weighted by Crippen LogP contribution is -2.21. The van der Waals surface area contributed by atoms with Crippen molar-refractivity contribution < 1.29 is 9.59 Å². The van der Waals surface area contributed by atoms with Gasteiger partial charge >= 0.3 is 0 Å². The molecule has 0 aliphatic carbocycles. The number of halogens is 1. The van der Waals surface area contributed by atoms with E-state index >= 15 is 0 Å². The van der Waals surface area contributed by atoms with E-state index in [9.17, 15) is 9.59 Å². The Balaban J connectivity index is 3.99. The van der Waals surface area contributed by atoms with Crippen LogP contribution >= 0.6 is 15.9 Å². The molecule has 0 aliphatic rings. The van der Waals surface area contributed by atoms with Gasteiger partial charge in [0.05, 0.1) is 5.33 Å². The molecule has 0 aromatic carbocycles. The number of ketones is 2. The minimum absolute atomic E-state index is 0.0884. The Morgan fingerprint density at radius 2 is 1.64 bits per heavy atom. The summed E-state index contributed by atoms with van der Waals surface area (Å²) < 4.78 is 0. The van der Waals surface area contributed by atoms with E-state index < -0.39 is 0 Å². The Bertz CT molecular complexity index is 167. The van der Waals surface area contributed by atoms with Crippen molar-refractivity contribution in [3.05, 3.63) is 0 Å². The van der Waals surface area contributed by atoms with Gasteiger partial charge in [-0.25, -0.2) is 0 Å². The number of hydrogen-bond donors (Lipinski definition) is 0. The summed E-state index contributed by atoms with van der Waals surface area (Å²) in [4.78, 5) is 21.8. The van der Waals surface area contributed by atoms with Crippen molar-refractivity contribution >= 4 is 27.5 Å². The molecule has 64 valence electrons. The lowest BCUT2D eigenvalue weighted by atomic mass is 9.89. The molecule has 0 saturated carbocycles. The van der Waals surface area contributed by atoms with E-state index in [4.69, 9.17) is 0 Å². The maximum absolute atomic E-state index is 11.0. The quantitative estimate of drug-likeness (QED) is 0.539. The third kappa shape index (κ3) is 5.13. The van der Waals surface area contributed by atoms with Gasteiger partial charge in [-0.3, -0.25) is 9.59 Å². The summed E-state index contributed by atoms with van der Waals surface area (Å²) in [6, 6.07) is 0. The van der Waals surface area contributed by atoms with Gasteiger partial charge in [-0.05, 0) is 5.41 Å². The van der Waals surface area contributed by atoms with Crippen LogP contribution in [0.4, 0.5) is 0 Å². The number of alkyl halides is 1. The smallest absolute Gasteiger partial charge is 0.208 e. The lowest BCUT2D eigenvalue weighted by molar-refractivity contribution is -0.136. The van der Waals surface area contributed by atoms with E-state index in [1.807, 2.05) is 20.8 Å². The third-order valence-electron chi connectivity index (χ3n) is 1.12. The van der Waals surface area contributed by atoms with Crippen molar-refractivity contribution in [2.75, 3.05) is 5.33 Å². The zero-order valence-corrected chi connectivity index (χ0v) is 8.69. The molecule has 0 unspecified atom stereocenters. The van der Waals surface area contributed by atoms with Crippen LogP contribution in [0.3, 0.4) is 0 Å². The number of hydrogen-bond acceptors (Lipinski definition) is 2. The molecular formula is C8H13BrO2. The molecule has 0 amide bonds.